The van der Waals surface area contributed by atoms with Crippen LogP contribution in [0.1, 0.15) is 30.4 Å². The van der Waals surface area contributed by atoms with Gasteiger partial charge in [0.05, 0.1) is 11.1 Å². The zero-order valence-corrected chi connectivity index (χ0v) is 15.9. The van der Waals surface area contributed by atoms with Crippen LogP contribution in [-0.2, 0) is 17.5 Å². The average Bonchev–Trinajstić information content (AvgIpc) is 3.18. The van der Waals surface area contributed by atoms with Crippen LogP contribution < -0.4 is 0 Å². The van der Waals surface area contributed by atoms with Crippen molar-refractivity contribution in [3.05, 3.63) is 60.0 Å². The van der Waals surface area contributed by atoms with E-state index in [9.17, 15) is 18.0 Å². The number of hydrogen-bond acceptors (Lipinski definition) is 3. The quantitative estimate of drug-likeness (QED) is 0.663. The third-order valence-corrected chi connectivity index (χ3v) is 5.42. The van der Waals surface area contributed by atoms with E-state index in [-0.39, 0.29) is 29.8 Å². The van der Waals surface area contributed by atoms with Gasteiger partial charge in [0.25, 0.3) is 0 Å². The second-order valence-corrected chi connectivity index (χ2v) is 7.64. The molecule has 0 bridgehead atoms. The van der Waals surface area contributed by atoms with Gasteiger partial charge in [-0.05, 0) is 36.1 Å². The number of fused-ring (bicyclic) bond motifs is 1. The number of carbonyl (C=O) groups is 1. The van der Waals surface area contributed by atoms with Gasteiger partial charge in [-0.1, -0.05) is 19.1 Å². The molecule has 29 heavy (non-hydrogen) atoms. The second kappa shape index (κ2) is 7.50. The molecule has 0 N–H and O–H groups in total. The molecule has 0 aliphatic carbocycles. The third-order valence-electron chi connectivity index (χ3n) is 5.42. The highest BCUT2D eigenvalue weighted by Crippen LogP contribution is 2.39. The lowest BCUT2D eigenvalue weighted by Gasteiger charge is -2.37. The molecule has 152 valence electrons. The Balaban J connectivity index is 1.65. The molecule has 3 aromatic rings. The van der Waals surface area contributed by atoms with Crippen LogP contribution in [-0.4, -0.2) is 38.7 Å². The number of nitrogens with zero attached hydrogens (tertiary/aromatic N) is 4. The summed E-state index contributed by atoms with van der Waals surface area (Å²) in [5, 5.41) is 4.58. The van der Waals surface area contributed by atoms with E-state index in [1.54, 1.807) is 46.2 Å². The van der Waals surface area contributed by atoms with Gasteiger partial charge in [0, 0.05) is 43.0 Å². The molecular weight excluding hydrogens is 381 g/mol. The molecule has 2 atom stereocenters. The summed E-state index contributed by atoms with van der Waals surface area (Å²) >= 11 is 0. The predicted molar refractivity (Wildman–Crippen MR) is 102 cm³/mol. The van der Waals surface area contributed by atoms with Crippen molar-refractivity contribution in [3.8, 4) is 0 Å². The predicted octanol–water partition coefficient (Wildman–Crippen LogP) is 4.10. The molecule has 0 saturated carbocycles. The Morgan fingerprint density at radius 2 is 2.00 bits per heavy atom. The average molecular weight is 402 g/mol. The summed E-state index contributed by atoms with van der Waals surface area (Å²) in [4.78, 5) is 18.5. The molecule has 1 unspecified atom stereocenters. The fourth-order valence-electron chi connectivity index (χ4n) is 4.19. The maximum atomic E-state index is 13.4. The Hall–Kier alpha value is -2.90. The molecule has 1 saturated heterocycles. The van der Waals surface area contributed by atoms with E-state index in [0.29, 0.717) is 18.5 Å². The molecule has 0 radical (unpaired) electrons. The standard InChI is InChI=1S/C21H21F3N4O/c1-14-10-15(12-27(11-14)19(29)13-28-9-3-8-26-28)16-5-6-18(21(22,23)24)20-17(16)4-2-7-25-20/h2-9,14-15H,10-13H2,1H3/t14-,15?/m1/s1. The van der Waals surface area contributed by atoms with Crippen molar-refractivity contribution in [2.45, 2.75) is 32.0 Å². The van der Waals surface area contributed by atoms with E-state index in [4.69, 9.17) is 0 Å². The van der Waals surface area contributed by atoms with Gasteiger partial charge in [0.2, 0.25) is 5.91 Å². The first-order valence-electron chi connectivity index (χ1n) is 9.53. The highest BCUT2D eigenvalue weighted by Gasteiger charge is 2.35. The second-order valence-electron chi connectivity index (χ2n) is 7.64. The maximum Gasteiger partial charge on any atom is 0.418 e. The van der Waals surface area contributed by atoms with E-state index in [2.05, 4.69) is 17.0 Å². The zero-order chi connectivity index (χ0) is 20.6. The number of benzene rings is 1. The number of halogens is 3. The van der Waals surface area contributed by atoms with E-state index in [1.165, 1.54) is 6.20 Å². The van der Waals surface area contributed by atoms with Crippen molar-refractivity contribution < 1.29 is 18.0 Å². The van der Waals surface area contributed by atoms with Crippen LogP contribution >= 0.6 is 0 Å². The minimum atomic E-state index is -4.46. The number of alkyl halides is 3. The van der Waals surface area contributed by atoms with Crippen LogP contribution in [0.3, 0.4) is 0 Å². The molecule has 8 heteroatoms. The molecule has 3 heterocycles. The first-order chi connectivity index (χ1) is 13.8. The minimum absolute atomic E-state index is 0.0369. The molecule has 1 fully saturated rings. The highest BCUT2D eigenvalue weighted by atomic mass is 19.4. The van der Waals surface area contributed by atoms with Crippen molar-refractivity contribution in [3.63, 3.8) is 0 Å². The third kappa shape index (κ3) is 3.97. The number of pyridine rings is 1. The Labute approximate surface area is 166 Å². The molecule has 4 rings (SSSR count). The summed E-state index contributed by atoms with van der Waals surface area (Å²) < 4.78 is 41.8. The van der Waals surface area contributed by atoms with Crippen molar-refractivity contribution in [1.82, 2.24) is 19.7 Å². The van der Waals surface area contributed by atoms with Crippen molar-refractivity contribution in [1.29, 1.82) is 0 Å². The highest BCUT2D eigenvalue weighted by molar-refractivity contribution is 5.86. The van der Waals surface area contributed by atoms with Gasteiger partial charge in [-0.15, -0.1) is 0 Å². The summed E-state index contributed by atoms with van der Waals surface area (Å²) in [6.45, 7) is 3.32. The number of aromatic nitrogens is 3. The van der Waals surface area contributed by atoms with E-state index in [0.717, 1.165) is 18.1 Å². The lowest BCUT2D eigenvalue weighted by atomic mass is 9.83. The summed E-state index contributed by atoms with van der Waals surface area (Å²) in [7, 11) is 0. The molecule has 1 amide bonds. The largest absolute Gasteiger partial charge is 0.418 e. The summed E-state index contributed by atoms with van der Waals surface area (Å²) in [5.41, 5.74) is 0.0435. The molecule has 1 aliphatic heterocycles. The van der Waals surface area contributed by atoms with Gasteiger partial charge in [0.1, 0.15) is 6.54 Å². The SMILES string of the molecule is C[C@@H]1CC(c2ccc(C(F)(F)F)c3ncccc23)CN(C(=O)Cn2cccn2)C1. The summed E-state index contributed by atoms with van der Waals surface area (Å²) in [6.07, 6.45) is 1.08. The lowest BCUT2D eigenvalue weighted by Crippen LogP contribution is -2.44. The number of piperidine rings is 1. The van der Waals surface area contributed by atoms with Crippen LogP contribution in [0.2, 0.25) is 0 Å². The van der Waals surface area contributed by atoms with Crippen LogP contribution in [0.25, 0.3) is 10.9 Å². The molecule has 5 nitrogen and oxygen atoms in total. The zero-order valence-electron chi connectivity index (χ0n) is 15.9. The van der Waals surface area contributed by atoms with Crippen LogP contribution in [0.15, 0.2) is 48.9 Å². The van der Waals surface area contributed by atoms with Crippen molar-refractivity contribution in [2.75, 3.05) is 13.1 Å². The Morgan fingerprint density at radius 1 is 1.17 bits per heavy atom. The monoisotopic (exact) mass is 402 g/mol. The molecule has 1 aromatic carbocycles. The van der Waals surface area contributed by atoms with Crippen molar-refractivity contribution in [2.24, 2.45) is 5.92 Å². The van der Waals surface area contributed by atoms with Gasteiger partial charge in [-0.2, -0.15) is 18.3 Å². The van der Waals surface area contributed by atoms with Crippen LogP contribution in [0, 0.1) is 5.92 Å². The summed E-state index contributed by atoms with van der Waals surface area (Å²) in [5.74, 6) is 0.151. The van der Waals surface area contributed by atoms with Crippen LogP contribution in [0.5, 0.6) is 0 Å². The van der Waals surface area contributed by atoms with E-state index >= 15 is 0 Å². The topological polar surface area (TPSA) is 51.0 Å². The van der Waals surface area contributed by atoms with Gasteiger partial charge >= 0.3 is 6.18 Å². The Bertz CT molecular complexity index is 1020. The number of amides is 1. The maximum absolute atomic E-state index is 13.4. The van der Waals surface area contributed by atoms with Crippen molar-refractivity contribution >= 4 is 16.8 Å². The number of likely N-dealkylation sites (tertiary alicyclic amines) is 1. The molecule has 1 aliphatic rings. The fourth-order valence-corrected chi connectivity index (χ4v) is 4.19. The molecular formula is C21H21F3N4O. The fraction of sp³-hybridized carbons (Fsp3) is 0.381. The normalized spacial score (nSPS) is 20.2. The first-order valence-corrected chi connectivity index (χ1v) is 9.53. The number of rotatable bonds is 3. The van der Waals surface area contributed by atoms with Gasteiger partial charge in [-0.3, -0.25) is 14.5 Å². The lowest BCUT2D eigenvalue weighted by molar-refractivity contribution is -0.136. The smallest absolute Gasteiger partial charge is 0.340 e. The number of hydrogen-bond donors (Lipinski definition) is 0. The molecule has 2 aromatic heterocycles. The Morgan fingerprint density at radius 3 is 2.72 bits per heavy atom. The van der Waals surface area contributed by atoms with E-state index < -0.39 is 11.7 Å². The minimum Gasteiger partial charge on any atom is -0.340 e. The summed E-state index contributed by atoms with van der Waals surface area (Å²) in [6, 6.07) is 7.75. The molecule has 0 spiro atoms. The number of carbonyl (C=O) groups excluding carboxylic acids is 1. The van der Waals surface area contributed by atoms with E-state index in [1.807, 2.05) is 0 Å². The Kier molecular flexibility index (Phi) is 5.02. The van der Waals surface area contributed by atoms with Gasteiger partial charge in [-0.25, -0.2) is 0 Å². The van der Waals surface area contributed by atoms with Crippen LogP contribution in [0.4, 0.5) is 13.2 Å². The van der Waals surface area contributed by atoms with Gasteiger partial charge in [0.15, 0.2) is 0 Å². The first kappa shape index (κ1) is 19.4. The van der Waals surface area contributed by atoms with Gasteiger partial charge < -0.3 is 4.90 Å².